The van der Waals surface area contributed by atoms with Crippen LogP contribution >= 0.6 is 0 Å². The summed E-state index contributed by atoms with van der Waals surface area (Å²) in [7, 11) is 0. The van der Waals surface area contributed by atoms with Gasteiger partial charge in [0, 0.05) is 6.20 Å². The van der Waals surface area contributed by atoms with Crippen molar-refractivity contribution < 1.29 is 4.79 Å². The van der Waals surface area contributed by atoms with Gasteiger partial charge < -0.3 is 0 Å². The number of hydrogen-bond donors (Lipinski definition) is 0. The Morgan fingerprint density at radius 3 is 1.65 bits per heavy atom. The largest absolute Gasteiger partial charge is 0.239 e. The fourth-order valence-corrected chi connectivity index (χ4v) is 2.44. The first-order valence-electron chi connectivity index (χ1n) is 8.63. The minimum atomic E-state index is 1.03. The van der Waals surface area contributed by atoms with Crippen molar-refractivity contribution in [2.24, 2.45) is 4.99 Å². The lowest BCUT2D eigenvalue weighted by Gasteiger charge is -2.02. The number of hydrogen-bond acceptors (Lipinski definition) is 2. The zero-order chi connectivity index (χ0) is 14.7. The summed E-state index contributed by atoms with van der Waals surface area (Å²) in [6.45, 7) is 2.27. The molecule has 0 aliphatic rings. The molecule has 0 heterocycles. The predicted octanol–water partition coefficient (Wildman–Crippen LogP) is 6.32. The molecule has 0 radical (unpaired) electrons. The van der Waals surface area contributed by atoms with Crippen molar-refractivity contribution in [3.05, 3.63) is 12.3 Å². The molecule has 0 aromatic carbocycles. The van der Waals surface area contributed by atoms with Gasteiger partial charge in [0.2, 0.25) is 6.08 Å². The summed E-state index contributed by atoms with van der Waals surface area (Å²) in [5.74, 6) is 0. The van der Waals surface area contributed by atoms with Gasteiger partial charge in [-0.1, -0.05) is 90.0 Å². The van der Waals surface area contributed by atoms with E-state index < -0.39 is 0 Å². The Bertz CT molecular complexity index is 254. The second-order valence-electron chi connectivity index (χ2n) is 5.64. The van der Waals surface area contributed by atoms with Crippen molar-refractivity contribution in [3.63, 3.8) is 0 Å². The first kappa shape index (κ1) is 19.1. The van der Waals surface area contributed by atoms with Gasteiger partial charge in [0.25, 0.3) is 0 Å². The average Bonchev–Trinajstić information content (AvgIpc) is 2.47. The van der Waals surface area contributed by atoms with Gasteiger partial charge in [-0.15, -0.1) is 0 Å². The van der Waals surface area contributed by atoms with Crippen molar-refractivity contribution in [1.82, 2.24) is 0 Å². The summed E-state index contributed by atoms with van der Waals surface area (Å²) in [5, 5.41) is 0. The van der Waals surface area contributed by atoms with Crippen molar-refractivity contribution >= 4 is 6.08 Å². The molecule has 0 aliphatic heterocycles. The molecule has 2 heteroatoms. The molecular weight excluding hydrogens is 246 g/mol. The Kier molecular flexibility index (Phi) is 17.3. The van der Waals surface area contributed by atoms with E-state index in [0.717, 1.165) is 6.42 Å². The third-order valence-corrected chi connectivity index (χ3v) is 3.71. The van der Waals surface area contributed by atoms with Gasteiger partial charge in [-0.25, -0.2) is 4.79 Å². The lowest BCUT2D eigenvalue weighted by molar-refractivity contribution is 0.540. The van der Waals surface area contributed by atoms with E-state index in [2.05, 4.69) is 11.9 Å². The van der Waals surface area contributed by atoms with Crippen molar-refractivity contribution in [2.75, 3.05) is 0 Å². The normalized spacial score (nSPS) is 10.8. The second kappa shape index (κ2) is 18.1. The highest BCUT2D eigenvalue weighted by atomic mass is 16.1. The van der Waals surface area contributed by atoms with Crippen LogP contribution in [0.25, 0.3) is 0 Å². The van der Waals surface area contributed by atoms with Crippen LogP contribution in [-0.4, -0.2) is 6.08 Å². The Labute approximate surface area is 125 Å². The van der Waals surface area contributed by atoms with E-state index in [-0.39, 0.29) is 0 Å². The van der Waals surface area contributed by atoms with Crippen LogP contribution in [0.3, 0.4) is 0 Å². The molecule has 0 aromatic heterocycles. The lowest BCUT2D eigenvalue weighted by atomic mass is 10.0. The van der Waals surface area contributed by atoms with Gasteiger partial charge >= 0.3 is 0 Å². The third kappa shape index (κ3) is 17.1. The van der Waals surface area contributed by atoms with Crippen molar-refractivity contribution in [1.29, 1.82) is 0 Å². The van der Waals surface area contributed by atoms with E-state index in [9.17, 15) is 4.79 Å². The number of allylic oxidation sites excluding steroid dienone is 1. The van der Waals surface area contributed by atoms with Crippen LogP contribution in [0.4, 0.5) is 0 Å². The smallest absolute Gasteiger partial charge is 0.211 e. The molecule has 2 nitrogen and oxygen atoms in total. The topological polar surface area (TPSA) is 29.4 Å². The Morgan fingerprint density at radius 2 is 1.20 bits per heavy atom. The zero-order valence-corrected chi connectivity index (χ0v) is 13.4. The summed E-state index contributed by atoms with van der Waals surface area (Å²) >= 11 is 0. The first-order chi connectivity index (χ1) is 9.91. The number of isocyanates is 1. The third-order valence-electron chi connectivity index (χ3n) is 3.71. The zero-order valence-electron chi connectivity index (χ0n) is 13.4. The second-order valence-corrected chi connectivity index (χ2v) is 5.64. The van der Waals surface area contributed by atoms with Crippen LogP contribution in [0.15, 0.2) is 17.3 Å². The molecule has 0 aliphatic carbocycles. The number of rotatable bonds is 15. The molecule has 0 N–H and O–H groups in total. The van der Waals surface area contributed by atoms with Crippen LogP contribution in [0.5, 0.6) is 0 Å². The molecule has 0 amide bonds. The number of nitrogens with zero attached hydrogens (tertiary/aromatic N) is 1. The van der Waals surface area contributed by atoms with Crippen LogP contribution in [-0.2, 0) is 4.79 Å². The monoisotopic (exact) mass is 279 g/mol. The standard InChI is InChI=1S/C18H33NO/c1-2-3-4-5-6-7-8-9-10-11-12-13-14-15-16-17-19-18-20/h16-17H,2-15H2,1H3. The minimum absolute atomic E-state index is 1.03. The molecule has 0 bridgehead atoms. The van der Waals surface area contributed by atoms with Crippen LogP contribution in [0, 0.1) is 0 Å². The highest BCUT2D eigenvalue weighted by molar-refractivity contribution is 5.34. The first-order valence-corrected chi connectivity index (χ1v) is 8.63. The summed E-state index contributed by atoms with van der Waals surface area (Å²) < 4.78 is 0. The van der Waals surface area contributed by atoms with E-state index in [1.165, 1.54) is 89.6 Å². The fraction of sp³-hybridized carbons (Fsp3) is 0.833. The molecule has 0 rings (SSSR count). The number of aliphatic imine (C=N–C) groups is 1. The van der Waals surface area contributed by atoms with E-state index in [1.54, 1.807) is 6.20 Å². The summed E-state index contributed by atoms with van der Waals surface area (Å²) in [6, 6.07) is 0. The van der Waals surface area contributed by atoms with E-state index in [0.29, 0.717) is 0 Å². The van der Waals surface area contributed by atoms with E-state index in [4.69, 9.17) is 0 Å². The molecule has 0 saturated carbocycles. The van der Waals surface area contributed by atoms with Gasteiger partial charge in [-0.05, 0) is 12.8 Å². The summed E-state index contributed by atoms with van der Waals surface area (Å²) in [6.07, 6.45) is 24.0. The average molecular weight is 279 g/mol. The maximum atomic E-state index is 9.81. The number of carbonyl (C=O) groups excluding carboxylic acids is 1. The molecule has 0 aromatic rings. The van der Waals surface area contributed by atoms with Gasteiger partial charge in [-0.2, -0.15) is 4.99 Å². The fourth-order valence-electron chi connectivity index (χ4n) is 2.44. The predicted molar refractivity (Wildman–Crippen MR) is 87.6 cm³/mol. The van der Waals surface area contributed by atoms with Crippen LogP contribution in [0.1, 0.15) is 96.8 Å². The highest BCUT2D eigenvalue weighted by Gasteiger charge is 1.93. The quantitative estimate of drug-likeness (QED) is 0.196. The summed E-state index contributed by atoms with van der Waals surface area (Å²) in [4.78, 5) is 13.2. The van der Waals surface area contributed by atoms with Gasteiger partial charge in [0.1, 0.15) is 0 Å². The molecule has 116 valence electrons. The number of unbranched alkanes of at least 4 members (excludes halogenated alkanes) is 13. The van der Waals surface area contributed by atoms with E-state index in [1.807, 2.05) is 6.08 Å². The lowest BCUT2D eigenvalue weighted by Crippen LogP contribution is -1.82. The molecule has 0 fully saturated rings. The van der Waals surface area contributed by atoms with Crippen LogP contribution in [0.2, 0.25) is 0 Å². The highest BCUT2D eigenvalue weighted by Crippen LogP contribution is 2.12. The van der Waals surface area contributed by atoms with Gasteiger partial charge in [0.15, 0.2) is 0 Å². The van der Waals surface area contributed by atoms with Crippen molar-refractivity contribution in [2.45, 2.75) is 96.8 Å². The molecular formula is C18H33NO. The van der Waals surface area contributed by atoms with Gasteiger partial charge in [-0.3, -0.25) is 0 Å². The molecule has 0 spiro atoms. The van der Waals surface area contributed by atoms with E-state index >= 15 is 0 Å². The van der Waals surface area contributed by atoms with Crippen LogP contribution < -0.4 is 0 Å². The maximum absolute atomic E-state index is 9.81. The summed E-state index contributed by atoms with van der Waals surface area (Å²) in [5.41, 5.74) is 0. The Morgan fingerprint density at radius 1 is 0.750 bits per heavy atom. The minimum Gasteiger partial charge on any atom is -0.211 e. The SMILES string of the molecule is CCCCCCCCCCCCCCCC=CN=C=O. The maximum Gasteiger partial charge on any atom is 0.239 e. The molecule has 0 saturated heterocycles. The molecule has 0 atom stereocenters. The molecule has 20 heavy (non-hydrogen) atoms. The Balaban J connectivity index is 3.01. The Hall–Kier alpha value is -0.880. The van der Waals surface area contributed by atoms with Crippen molar-refractivity contribution in [3.8, 4) is 0 Å². The van der Waals surface area contributed by atoms with Gasteiger partial charge in [0.05, 0.1) is 0 Å². The molecule has 0 unspecified atom stereocenters.